The molecular formula is C16H11NO3. The fourth-order valence-corrected chi connectivity index (χ4v) is 2.27. The summed E-state index contributed by atoms with van der Waals surface area (Å²) >= 11 is 0. The highest BCUT2D eigenvalue weighted by Gasteiger charge is 2.20. The van der Waals surface area contributed by atoms with E-state index in [4.69, 9.17) is 0 Å². The van der Waals surface area contributed by atoms with Gasteiger partial charge < -0.3 is 5.11 Å². The Morgan fingerprint density at radius 2 is 1.55 bits per heavy atom. The molecule has 3 aromatic rings. The van der Waals surface area contributed by atoms with Crippen molar-refractivity contribution < 1.29 is 14.7 Å². The molecule has 0 saturated heterocycles. The van der Waals surface area contributed by atoms with Crippen molar-refractivity contribution in [1.82, 2.24) is 4.57 Å². The van der Waals surface area contributed by atoms with E-state index in [1.165, 1.54) is 0 Å². The Balaban J connectivity index is 2.24. The number of hydrogen-bond acceptors (Lipinski definition) is 2. The lowest BCUT2D eigenvalue weighted by Crippen LogP contribution is -2.15. The van der Waals surface area contributed by atoms with Crippen LogP contribution in [0.5, 0.6) is 0 Å². The van der Waals surface area contributed by atoms with Gasteiger partial charge in [-0.3, -0.25) is 4.79 Å². The number of benzene rings is 2. The normalized spacial score (nSPS) is 10.6. The van der Waals surface area contributed by atoms with Gasteiger partial charge in [0.1, 0.15) is 5.69 Å². The summed E-state index contributed by atoms with van der Waals surface area (Å²) in [6.07, 6.45) is -1.16. The molecule has 98 valence electrons. The molecule has 0 aliphatic carbocycles. The molecule has 0 aliphatic rings. The van der Waals surface area contributed by atoms with Crippen molar-refractivity contribution in [2.24, 2.45) is 0 Å². The third kappa shape index (κ3) is 1.87. The zero-order valence-corrected chi connectivity index (χ0v) is 10.5. The molecule has 0 saturated carbocycles. The smallest absolute Gasteiger partial charge is 0.416 e. The summed E-state index contributed by atoms with van der Waals surface area (Å²) in [4.78, 5) is 23.9. The number of rotatable bonds is 2. The predicted molar refractivity (Wildman–Crippen MR) is 75.2 cm³/mol. The summed E-state index contributed by atoms with van der Waals surface area (Å²) in [5, 5.41) is 10.1. The SMILES string of the molecule is O=C(c1ccccc1)c1cc2ccccc2n1C(=O)O. The Hall–Kier alpha value is -2.88. The van der Waals surface area contributed by atoms with Gasteiger partial charge in [0.25, 0.3) is 0 Å². The molecule has 0 aliphatic heterocycles. The summed E-state index contributed by atoms with van der Waals surface area (Å²) in [5.41, 5.74) is 1.14. The first-order valence-electron chi connectivity index (χ1n) is 6.12. The molecule has 0 fully saturated rings. The van der Waals surface area contributed by atoms with Crippen molar-refractivity contribution >= 4 is 22.8 Å². The minimum Gasteiger partial charge on any atom is -0.464 e. The third-order valence-corrected chi connectivity index (χ3v) is 3.17. The van der Waals surface area contributed by atoms with Crippen molar-refractivity contribution in [3.05, 3.63) is 71.9 Å². The molecule has 0 radical (unpaired) electrons. The highest BCUT2D eigenvalue weighted by atomic mass is 16.4. The van der Waals surface area contributed by atoms with E-state index in [9.17, 15) is 14.7 Å². The van der Waals surface area contributed by atoms with Crippen LogP contribution in [0.15, 0.2) is 60.7 Å². The minimum absolute atomic E-state index is 0.157. The van der Waals surface area contributed by atoms with E-state index in [1.807, 2.05) is 12.1 Å². The van der Waals surface area contributed by atoms with Crippen molar-refractivity contribution in [2.45, 2.75) is 0 Å². The van der Waals surface area contributed by atoms with Gasteiger partial charge in [0, 0.05) is 10.9 Å². The van der Waals surface area contributed by atoms with E-state index in [0.717, 1.165) is 9.95 Å². The molecule has 0 spiro atoms. The second-order valence-electron chi connectivity index (χ2n) is 4.40. The predicted octanol–water partition coefficient (Wildman–Crippen LogP) is 3.40. The average Bonchev–Trinajstić information content (AvgIpc) is 2.86. The number of carboxylic acid groups (broad SMARTS) is 1. The Kier molecular flexibility index (Phi) is 2.84. The lowest BCUT2D eigenvalue weighted by molar-refractivity contribution is 0.102. The maximum absolute atomic E-state index is 12.5. The Morgan fingerprint density at radius 3 is 2.25 bits per heavy atom. The second kappa shape index (κ2) is 4.66. The van der Waals surface area contributed by atoms with Crippen molar-refractivity contribution in [1.29, 1.82) is 0 Å². The van der Waals surface area contributed by atoms with Crippen LogP contribution < -0.4 is 0 Å². The van der Waals surface area contributed by atoms with Crippen molar-refractivity contribution in [2.75, 3.05) is 0 Å². The molecule has 1 heterocycles. The molecule has 4 heteroatoms. The molecule has 0 amide bonds. The molecule has 1 aromatic heterocycles. The molecular weight excluding hydrogens is 254 g/mol. The van der Waals surface area contributed by atoms with E-state index in [0.29, 0.717) is 11.1 Å². The average molecular weight is 265 g/mol. The molecule has 2 aromatic carbocycles. The minimum atomic E-state index is -1.16. The summed E-state index contributed by atoms with van der Waals surface area (Å²) in [5.74, 6) is -0.302. The standard InChI is InChI=1S/C16H11NO3/c18-15(11-6-2-1-3-7-11)14-10-12-8-4-5-9-13(12)17(14)16(19)20/h1-10H,(H,19,20). The van der Waals surface area contributed by atoms with Gasteiger partial charge in [-0.25, -0.2) is 9.36 Å². The summed E-state index contributed by atoms with van der Waals surface area (Å²) in [7, 11) is 0. The Morgan fingerprint density at radius 1 is 0.900 bits per heavy atom. The van der Waals surface area contributed by atoms with Crippen LogP contribution in [0.2, 0.25) is 0 Å². The molecule has 3 rings (SSSR count). The van der Waals surface area contributed by atoms with Gasteiger partial charge in [0.05, 0.1) is 5.52 Å². The van der Waals surface area contributed by atoms with Crippen LogP contribution in [0.3, 0.4) is 0 Å². The number of nitrogens with zero attached hydrogens (tertiary/aromatic N) is 1. The first-order valence-corrected chi connectivity index (χ1v) is 6.12. The summed E-state index contributed by atoms with van der Waals surface area (Å²) in [6, 6.07) is 17.3. The van der Waals surface area contributed by atoms with Gasteiger partial charge in [-0.05, 0) is 12.1 Å². The van der Waals surface area contributed by atoms with E-state index in [1.54, 1.807) is 48.5 Å². The van der Waals surface area contributed by atoms with E-state index < -0.39 is 6.09 Å². The van der Waals surface area contributed by atoms with Crippen molar-refractivity contribution in [3.8, 4) is 0 Å². The fraction of sp³-hybridized carbons (Fsp3) is 0. The molecule has 0 unspecified atom stereocenters. The van der Waals surface area contributed by atoms with Gasteiger partial charge >= 0.3 is 6.09 Å². The molecule has 0 bridgehead atoms. The third-order valence-electron chi connectivity index (χ3n) is 3.17. The second-order valence-corrected chi connectivity index (χ2v) is 4.40. The lowest BCUT2D eigenvalue weighted by atomic mass is 10.1. The van der Waals surface area contributed by atoms with Gasteiger partial charge in [-0.2, -0.15) is 0 Å². The molecule has 1 N–H and O–H groups in total. The quantitative estimate of drug-likeness (QED) is 0.722. The number of fused-ring (bicyclic) bond motifs is 1. The zero-order chi connectivity index (χ0) is 14.1. The first kappa shape index (κ1) is 12.2. The number of carbonyl (C=O) groups is 2. The summed E-state index contributed by atoms with van der Waals surface area (Å²) in [6.45, 7) is 0. The lowest BCUT2D eigenvalue weighted by Gasteiger charge is -2.04. The molecule has 0 atom stereocenters. The summed E-state index contributed by atoms with van der Waals surface area (Å²) < 4.78 is 1.03. The number of aromatic nitrogens is 1. The fourth-order valence-electron chi connectivity index (χ4n) is 2.27. The van der Waals surface area contributed by atoms with Gasteiger partial charge in [-0.1, -0.05) is 48.5 Å². The van der Waals surface area contributed by atoms with Gasteiger partial charge in [-0.15, -0.1) is 0 Å². The zero-order valence-electron chi connectivity index (χ0n) is 10.5. The number of hydrogen-bond donors (Lipinski definition) is 1. The van der Waals surface area contributed by atoms with E-state index >= 15 is 0 Å². The van der Waals surface area contributed by atoms with Crippen LogP contribution in [0.1, 0.15) is 16.1 Å². The van der Waals surface area contributed by atoms with Crippen LogP contribution in [0, 0.1) is 0 Å². The van der Waals surface area contributed by atoms with Crippen LogP contribution >= 0.6 is 0 Å². The van der Waals surface area contributed by atoms with Crippen molar-refractivity contribution in [3.63, 3.8) is 0 Å². The van der Waals surface area contributed by atoms with Gasteiger partial charge in [0.15, 0.2) is 0 Å². The van der Waals surface area contributed by atoms with Crippen LogP contribution in [0.4, 0.5) is 4.79 Å². The molecule has 20 heavy (non-hydrogen) atoms. The Labute approximate surface area is 114 Å². The number of ketones is 1. The van der Waals surface area contributed by atoms with Crippen LogP contribution in [-0.2, 0) is 0 Å². The monoisotopic (exact) mass is 265 g/mol. The van der Waals surface area contributed by atoms with Crippen LogP contribution in [-0.4, -0.2) is 21.6 Å². The highest BCUT2D eigenvalue weighted by molar-refractivity contribution is 6.12. The number of para-hydroxylation sites is 1. The van der Waals surface area contributed by atoms with Crippen LogP contribution in [0.25, 0.3) is 10.9 Å². The van der Waals surface area contributed by atoms with E-state index in [2.05, 4.69) is 0 Å². The number of carbonyl (C=O) groups excluding carboxylic acids is 1. The molecule has 4 nitrogen and oxygen atoms in total. The first-order chi connectivity index (χ1) is 9.68. The maximum Gasteiger partial charge on any atom is 0.416 e. The van der Waals surface area contributed by atoms with E-state index in [-0.39, 0.29) is 11.5 Å². The maximum atomic E-state index is 12.5. The topological polar surface area (TPSA) is 59.3 Å². The van der Waals surface area contributed by atoms with Gasteiger partial charge in [0.2, 0.25) is 5.78 Å². The largest absolute Gasteiger partial charge is 0.464 e. The highest BCUT2D eigenvalue weighted by Crippen LogP contribution is 2.21. The Bertz CT molecular complexity index is 803.